The van der Waals surface area contributed by atoms with E-state index < -0.39 is 5.97 Å². The fourth-order valence-electron chi connectivity index (χ4n) is 4.47. The van der Waals surface area contributed by atoms with E-state index >= 15 is 0 Å². The molecule has 3 aromatic heterocycles. The second-order valence-electron chi connectivity index (χ2n) is 8.32. The van der Waals surface area contributed by atoms with Crippen LogP contribution in [0.4, 0.5) is 10.2 Å². The number of carboxylic acid groups (broad SMARTS) is 1. The van der Waals surface area contributed by atoms with Crippen molar-refractivity contribution in [2.45, 2.75) is 31.6 Å². The molecule has 0 saturated heterocycles. The first-order valence-corrected chi connectivity index (χ1v) is 11.5. The number of halogens is 2. The van der Waals surface area contributed by atoms with E-state index in [-0.39, 0.29) is 17.7 Å². The summed E-state index contributed by atoms with van der Waals surface area (Å²) in [4.78, 5) is 20.7. The molecule has 7 nitrogen and oxygen atoms in total. The van der Waals surface area contributed by atoms with Crippen LogP contribution < -0.4 is 5.73 Å². The van der Waals surface area contributed by atoms with Crippen LogP contribution in [-0.4, -0.2) is 30.7 Å². The van der Waals surface area contributed by atoms with Gasteiger partial charge in [-0.2, -0.15) is 9.61 Å². The van der Waals surface area contributed by atoms with Gasteiger partial charge in [0.25, 0.3) is 0 Å². The molecule has 1 aliphatic rings. The first-order valence-electron chi connectivity index (χ1n) is 10.7. The average molecular weight is 510 g/mol. The summed E-state index contributed by atoms with van der Waals surface area (Å²) in [6.07, 6.45) is 6.15. The van der Waals surface area contributed by atoms with Crippen LogP contribution in [0.3, 0.4) is 0 Å². The second-order valence-corrected chi connectivity index (χ2v) is 9.11. The van der Waals surface area contributed by atoms with Crippen LogP contribution in [0.25, 0.3) is 28.0 Å². The standard InChI is InChI=1S/C24H21BrFN5O2/c25-20-21(13-4-6-14(7-5-13)24(32)33)30-23-18(12-29-31(23)22(20)27)16-8-9-19(28-11-16)15-2-1-3-17(26)10-15/h1-3,8-14H,4-7,27H2,(H,32,33)/t13-,14-. The molecule has 9 heteroatoms. The molecule has 168 valence electrons. The molecule has 0 aliphatic heterocycles. The van der Waals surface area contributed by atoms with Gasteiger partial charge in [0.15, 0.2) is 5.65 Å². The number of nitrogens with two attached hydrogens (primary N) is 1. The Balaban J connectivity index is 1.50. The number of benzene rings is 1. The first-order chi connectivity index (χ1) is 15.9. The highest BCUT2D eigenvalue weighted by atomic mass is 79.9. The lowest BCUT2D eigenvalue weighted by Gasteiger charge is -2.26. The maximum absolute atomic E-state index is 13.6. The van der Waals surface area contributed by atoms with Gasteiger partial charge >= 0.3 is 5.97 Å². The molecule has 0 spiro atoms. The van der Waals surface area contributed by atoms with E-state index in [0.29, 0.717) is 40.0 Å². The fraction of sp³-hybridized carbons (Fsp3) is 0.250. The van der Waals surface area contributed by atoms with E-state index in [1.54, 1.807) is 23.0 Å². The van der Waals surface area contributed by atoms with Crippen molar-refractivity contribution in [1.29, 1.82) is 0 Å². The Hall–Kier alpha value is -3.33. The Morgan fingerprint density at radius 3 is 2.58 bits per heavy atom. The van der Waals surface area contributed by atoms with Crippen LogP contribution in [0.2, 0.25) is 0 Å². The number of rotatable bonds is 4. The number of fused-ring (bicyclic) bond motifs is 1. The van der Waals surface area contributed by atoms with Crippen LogP contribution in [0.5, 0.6) is 0 Å². The minimum atomic E-state index is -0.734. The molecule has 5 rings (SSSR count). The Morgan fingerprint density at radius 2 is 1.91 bits per heavy atom. The number of anilines is 1. The number of aliphatic carboxylic acids is 1. The highest BCUT2D eigenvalue weighted by Gasteiger charge is 2.30. The molecule has 1 saturated carbocycles. The molecule has 33 heavy (non-hydrogen) atoms. The van der Waals surface area contributed by atoms with Gasteiger partial charge in [0, 0.05) is 28.8 Å². The summed E-state index contributed by atoms with van der Waals surface area (Å²) in [6.45, 7) is 0. The zero-order valence-corrected chi connectivity index (χ0v) is 19.2. The molecular weight excluding hydrogens is 489 g/mol. The summed E-state index contributed by atoms with van der Waals surface area (Å²) in [5, 5.41) is 13.7. The molecule has 1 aromatic carbocycles. The van der Waals surface area contributed by atoms with E-state index in [2.05, 4.69) is 26.0 Å². The van der Waals surface area contributed by atoms with Crippen molar-refractivity contribution in [1.82, 2.24) is 19.6 Å². The summed E-state index contributed by atoms with van der Waals surface area (Å²) in [5.41, 5.74) is 10.8. The summed E-state index contributed by atoms with van der Waals surface area (Å²) in [5.74, 6) is -0.766. The monoisotopic (exact) mass is 509 g/mol. The van der Waals surface area contributed by atoms with Gasteiger partial charge in [-0.3, -0.25) is 9.78 Å². The van der Waals surface area contributed by atoms with E-state index in [0.717, 1.165) is 29.7 Å². The average Bonchev–Trinajstić information content (AvgIpc) is 3.26. The normalized spacial score (nSPS) is 18.5. The Labute approximate surface area is 197 Å². The molecule has 3 N–H and O–H groups in total. The minimum absolute atomic E-state index is 0.124. The number of nitrogen functional groups attached to an aromatic ring is 1. The lowest BCUT2D eigenvalue weighted by atomic mass is 9.80. The molecule has 0 radical (unpaired) electrons. The Kier molecular flexibility index (Phi) is 5.57. The van der Waals surface area contributed by atoms with Gasteiger partial charge in [-0.15, -0.1) is 0 Å². The highest BCUT2D eigenvalue weighted by Crippen LogP contribution is 2.40. The van der Waals surface area contributed by atoms with Gasteiger partial charge in [-0.05, 0) is 59.8 Å². The van der Waals surface area contributed by atoms with Crippen LogP contribution >= 0.6 is 15.9 Å². The van der Waals surface area contributed by atoms with Crippen molar-refractivity contribution in [3.63, 3.8) is 0 Å². The van der Waals surface area contributed by atoms with Gasteiger partial charge in [0.1, 0.15) is 11.6 Å². The number of nitrogens with zero attached hydrogens (tertiary/aromatic N) is 4. The molecule has 4 aromatic rings. The number of hydrogen-bond acceptors (Lipinski definition) is 5. The van der Waals surface area contributed by atoms with Crippen LogP contribution in [0, 0.1) is 11.7 Å². The number of hydrogen-bond donors (Lipinski definition) is 2. The van der Waals surface area contributed by atoms with Crippen molar-refractivity contribution in [2.75, 3.05) is 5.73 Å². The van der Waals surface area contributed by atoms with Gasteiger partial charge in [-0.25, -0.2) is 9.37 Å². The number of carboxylic acids is 1. The maximum Gasteiger partial charge on any atom is 0.306 e. The molecular formula is C24H21BrFN5O2. The number of aromatic nitrogens is 4. The van der Waals surface area contributed by atoms with Crippen LogP contribution in [0.15, 0.2) is 53.3 Å². The summed E-state index contributed by atoms with van der Waals surface area (Å²) in [6, 6.07) is 10.1. The van der Waals surface area contributed by atoms with Gasteiger partial charge in [-0.1, -0.05) is 18.2 Å². The predicted molar refractivity (Wildman–Crippen MR) is 126 cm³/mol. The van der Waals surface area contributed by atoms with E-state index in [1.807, 2.05) is 18.2 Å². The zero-order valence-electron chi connectivity index (χ0n) is 17.6. The fourth-order valence-corrected chi connectivity index (χ4v) is 5.05. The minimum Gasteiger partial charge on any atom is -0.481 e. The van der Waals surface area contributed by atoms with Gasteiger partial charge < -0.3 is 10.8 Å². The molecule has 1 fully saturated rings. The van der Waals surface area contributed by atoms with E-state index in [1.165, 1.54) is 12.1 Å². The first kappa shape index (κ1) is 21.5. The molecule has 0 unspecified atom stereocenters. The summed E-state index contributed by atoms with van der Waals surface area (Å²) >= 11 is 3.58. The third-order valence-electron chi connectivity index (χ3n) is 6.31. The lowest BCUT2D eigenvalue weighted by molar-refractivity contribution is -0.142. The lowest BCUT2D eigenvalue weighted by Crippen LogP contribution is -2.21. The van der Waals surface area contributed by atoms with Crippen molar-refractivity contribution in [2.24, 2.45) is 5.92 Å². The van der Waals surface area contributed by atoms with Crippen molar-refractivity contribution < 1.29 is 14.3 Å². The van der Waals surface area contributed by atoms with Crippen LogP contribution in [0.1, 0.15) is 37.3 Å². The smallest absolute Gasteiger partial charge is 0.306 e. The van der Waals surface area contributed by atoms with Crippen molar-refractivity contribution in [3.8, 4) is 22.4 Å². The number of pyridine rings is 1. The molecule has 0 bridgehead atoms. The SMILES string of the molecule is Nc1c(Br)c([C@H]2CC[C@H](C(=O)O)CC2)nc2c(-c3ccc(-c4cccc(F)c4)nc3)cnn12. The van der Waals surface area contributed by atoms with Gasteiger partial charge in [0.05, 0.1) is 28.0 Å². The number of carbonyl (C=O) groups is 1. The zero-order chi connectivity index (χ0) is 23.1. The summed E-state index contributed by atoms with van der Waals surface area (Å²) < 4.78 is 15.8. The Bertz CT molecular complexity index is 1350. The summed E-state index contributed by atoms with van der Waals surface area (Å²) in [7, 11) is 0. The van der Waals surface area contributed by atoms with Crippen LogP contribution in [-0.2, 0) is 4.79 Å². The maximum atomic E-state index is 13.6. The molecule has 1 aliphatic carbocycles. The third-order valence-corrected chi connectivity index (χ3v) is 7.12. The van der Waals surface area contributed by atoms with E-state index in [4.69, 9.17) is 10.7 Å². The highest BCUT2D eigenvalue weighted by molar-refractivity contribution is 9.10. The van der Waals surface area contributed by atoms with Crippen molar-refractivity contribution in [3.05, 3.63) is 64.8 Å². The topological polar surface area (TPSA) is 106 Å². The molecule has 3 heterocycles. The quantitative estimate of drug-likeness (QED) is 0.386. The van der Waals surface area contributed by atoms with Gasteiger partial charge in [0.2, 0.25) is 0 Å². The predicted octanol–water partition coefficient (Wildman–Crippen LogP) is 5.30. The Morgan fingerprint density at radius 1 is 1.12 bits per heavy atom. The largest absolute Gasteiger partial charge is 0.481 e. The van der Waals surface area contributed by atoms with Crippen molar-refractivity contribution >= 4 is 33.4 Å². The second kappa shape index (κ2) is 8.55. The molecule has 0 amide bonds. The molecule has 0 atom stereocenters. The van der Waals surface area contributed by atoms with E-state index in [9.17, 15) is 14.3 Å². The third kappa shape index (κ3) is 3.97.